The van der Waals surface area contributed by atoms with Crippen molar-refractivity contribution in [3.63, 3.8) is 0 Å². The maximum absolute atomic E-state index is 12.0. The summed E-state index contributed by atoms with van der Waals surface area (Å²) in [6.07, 6.45) is -4.52. The van der Waals surface area contributed by atoms with Gasteiger partial charge in [0.25, 0.3) is 0 Å². The quantitative estimate of drug-likeness (QED) is 0.601. The van der Waals surface area contributed by atoms with Crippen LogP contribution in [0.5, 0.6) is 0 Å². The standard InChI is InChI=1S/C6H4ClF3N2O/c7-2-4(13)3-1-5(12-11-3)6(8,9)10/h1H,2H2,(H,11,12). The molecule has 1 rings (SSSR count). The highest BCUT2D eigenvalue weighted by Gasteiger charge is 2.33. The molecule has 0 bridgehead atoms. The Kier molecular flexibility index (Phi) is 2.60. The number of alkyl halides is 4. The van der Waals surface area contributed by atoms with Crippen LogP contribution in [-0.2, 0) is 6.18 Å². The third-order valence-electron chi connectivity index (χ3n) is 1.29. The van der Waals surface area contributed by atoms with E-state index in [9.17, 15) is 18.0 Å². The van der Waals surface area contributed by atoms with Gasteiger partial charge in [-0.15, -0.1) is 11.6 Å². The molecule has 0 atom stereocenters. The van der Waals surface area contributed by atoms with Gasteiger partial charge in [-0.3, -0.25) is 9.89 Å². The van der Waals surface area contributed by atoms with Crippen molar-refractivity contribution in [2.24, 2.45) is 0 Å². The summed E-state index contributed by atoms with van der Waals surface area (Å²) in [5.41, 5.74) is -1.36. The summed E-state index contributed by atoms with van der Waals surface area (Å²) in [6.45, 7) is 0. The molecule has 72 valence electrons. The number of carbonyl (C=O) groups excluding carboxylic acids is 1. The van der Waals surface area contributed by atoms with Crippen LogP contribution in [0, 0.1) is 0 Å². The number of rotatable bonds is 2. The first-order valence-corrected chi connectivity index (χ1v) is 3.70. The number of aromatic nitrogens is 2. The average molecular weight is 213 g/mol. The third kappa shape index (κ3) is 2.21. The molecule has 3 nitrogen and oxygen atoms in total. The zero-order valence-electron chi connectivity index (χ0n) is 6.15. The highest BCUT2D eigenvalue weighted by molar-refractivity contribution is 6.30. The van der Waals surface area contributed by atoms with Crippen LogP contribution in [0.4, 0.5) is 13.2 Å². The molecule has 1 N–H and O–H groups in total. The van der Waals surface area contributed by atoms with Crippen LogP contribution in [0.3, 0.4) is 0 Å². The van der Waals surface area contributed by atoms with Crippen molar-refractivity contribution < 1.29 is 18.0 Å². The molecule has 1 aromatic heterocycles. The summed E-state index contributed by atoms with van der Waals surface area (Å²) in [5, 5.41) is 4.88. The van der Waals surface area contributed by atoms with E-state index in [2.05, 4.69) is 5.10 Å². The Morgan fingerprint density at radius 3 is 2.62 bits per heavy atom. The molecule has 0 fully saturated rings. The predicted molar refractivity (Wildman–Crippen MR) is 38.6 cm³/mol. The Labute approximate surface area is 75.9 Å². The molecule has 7 heteroatoms. The number of Topliss-reactive ketones (excluding diaryl/α,β-unsaturated/α-hetero) is 1. The van der Waals surface area contributed by atoms with Gasteiger partial charge in [-0.25, -0.2) is 0 Å². The molecule has 0 aliphatic carbocycles. The molecule has 0 saturated heterocycles. The van der Waals surface area contributed by atoms with Crippen LogP contribution < -0.4 is 0 Å². The van der Waals surface area contributed by atoms with Crippen molar-refractivity contribution in [1.29, 1.82) is 0 Å². The fraction of sp³-hybridized carbons (Fsp3) is 0.333. The van der Waals surface area contributed by atoms with Gasteiger partial charge in [-0.05, 0) is 6.07 Å². The first-order chi connectivity index (χ1) is 5.95. The predicted octanol–water partition coefficient (Wildman–Crippen LogP) is 1.85. The molecule has 0 spiro atoms. The summed E-state index contributed by atoms with van der Waals surface area (Å²) < 4.78 is 35.9. The molecule has 0 saturated carbocycles. The number of aromatic amines is 1. The van der Waals surface area contributed by atoms with Gasteiger partial charge in [0.05, 0.1) is 5.88 Å². The summed E-state index contributed by atoms with van der Waals surface area (Å²) in [6, 6.07) is 0.630. The number of nitrogens with zero attached hydrogens (tertiary/aromatic N) is 1. The fourth-order valence-corrected chi connectivity index (χ4v) is 0.815. The van der Waals surface area contributed by atoms with Gasteiger partial charge in [0.2, 0.25) is 0 Å². The lowest BCUT2D eigenvalue weighted by atomic mass is 10.3. The number of H-pyrrole nitrogens is 1. The van der Waals surface area contributed by atoms with E-state index in [0.717, 1.165) is 0 Å². The molecule has 0 aliphatic rings. The Morgan fingerprint density at radius 1 is 1.62 bits per heavy atom. The monoisotopic (exact) mass is 212 g/mol. The van der Waals surface area contributed by atoms with Crippen molar-refractivity contribution >= 4 is 17.4 Å². The van der Waals surface area contributed by atoms with E-state index < -0.39 is 17.7 Å². The van der Waals surface area contributed by atoms with E-state index in [-0.39, 0.29) is 11.6 Å². The molecule has 0 aromatic carbocycles. The van der Waals surface area contributed by atoms with E-state index in [0.29, 0.717) is 6.07 Å². The number of carbonyl (C=O) groups is 1. The summed E-state index contributed by atoms with van der Waals surface area (Å²) in [5.74, 6) is -1.03. The number of hydrogen-bond acceptors (Lipinski definition) is 2. The average Bonchev–Trinajstić information content (AvgIpc) is 2.50. The van der Waals surface area contributed by atoms with Gasteiger partial charge >= 0.3 is 6.18 Å². The summed E-state index contributed by atoms with van der Waals surface area (Å²) in [7, 11) is 0. The fourth-order valence-electron chi connectivity index (χ4n) is 0.678. The Hall–Kier alpha value is -1.04. The lowest BCUT2D eigenvalue weighted by Crippen LogP contribution is -2.05. The second-order valence-electron chi connectivity index (χ2n) is 2.22. The molecular weight excluding hydrogens is 209 g/mol. The maximum atomic E-state index is 12.0. The molecule has 0 unspecified atom stereocenters. The molecule has 0 amide bonds. The molecule has 0 radical (unpaired) electrons. The topological polar surface area (TPSA) is 45.8 Å². The van der Waals surface area contributed by atoms with Gasteiger partial charge in [0.1, 0.15) is 11.4 Å². The minimum absolute atomic E-state index is 0.303. The minimum atomic E-state index is -4.52. The molecule has 1 aromatic rings. The normalized spacial score (nSPS) is 11.7. The molecule has 1 heterocycles. The van der Waals surface area contributed by atoms with Crippen LogP contribution in [0.25, 0.3) is 0 Å². The van der Waals surface area contributed by atoms with E-state index >= 15 is 0 Å². The summed E-state index contributed by atoms with van der Waals surface area (Å²) in [4.78, 5) is 10.8. The highest BCUT2D eigenvalue weighted by atomic mass is 35.5. The first-order valence-electron chi connectivity index (χ1n) is 3.17. The van der Waals surface area contributed by atoms with Crippen molar-refractivity contribution in [2.45, 2.75) is 6.18 Å². The number of hydrogen-bond donors (Lipinski definition) is 1. The van der Waals surface area contributed by atoms with Crippen LogP contribution in [0.1, 0.15) is 16.2 Å². The van der Waals surface area contributed by atoms with Crippen LogP contribution in [0.2, 0.25) is 0 Å². The lowest BCUT2D eigenvalue weighted by Gasteiger charge is -1.99. The van der Waals surface area contributed by atoms with E-state index in [4.69, 9.17) is 11.6 Å². The second kappa shape index (κ2) is 3.37. The Morgan fingerprint density at radius 2 is 2.23 bits per heavy atom. The smallest absolute Gasteiger partial charge is 0.291 e. The maximum Gasteiger partial charge on any atom is 0.432 e. The number of halogens is 4. The van der Waals surface area contributed by atoms with Crippen molar-refractivity contribution in [3.05, 3.63) is 17.5 Å². The van der Waals surface area contributed by atoms with Crippen molar-refractivity contribution in [1.82, 2.24) is 10.2 Å². The van der Waals surface area contributed by atoms with Crippen LogP contribution >= 0.6 is 11.6 Å². The van der Waals surface area contributed by atoms with Gasteiger partial charge in [0.15, 0.2) is 5.78 Å². The van der Waals surface area contributed by atoms with E-state index in [1.165, 1.54) is 0 Å². The zero-order valence-corrected chi connectivity index (χ0v) is 6.91. The largest absolute Gasteiger partial charge is 0.432 e. The molecular formula is C6H4ClF3N2O. The highest BCUT2D eigenvalue weighted by Crippen LogP contribution is 2.27. The van der Waals surface area contributed by atoms with Crippen LogP contribution in [0.15, 0.2) is 6.07 Å². The van der Waals surface area contributed by atoms with E-state index in [1.807, 2.05) is 0 Å². The second-order valence-corrected chi connectivity index (χ2v) is 2.49. The zero-order chi connectivity index (χ0) is 10.1. The molecule has 13 heavy (non-hydrogen) atoms. The molecule has 0 aliphatic heterocycles. The Balaban J connectivity index is 2.93. The summed E-state index contributed by atoms with van der Waals surface area (Å²) >= 11 is 5.13. The van der Waals surface area contributed by atoms with Crippen LogP contribution in [-0.4, -0.2) is 21.9 Å². The van der Waals surface area contributed by atoms with Gasteiger partial charge in [0, 0.05) is 0 Å². The number of nitrogens with one attached hydrogen (secondary N) is 1. The van der Waals surface area contributed by atoms with E-state index in [1.54, 1.807) is 5.10 Å². The lowest BCUT2D eigenvalue weighted by molar-refractivity contribution is -0.141. The number of ketones is 1. The van der Waals surface area contributed by atoms with Gasteiger partial charge < -0.3 is 0 Å². The Bertz CT molecular complexity index is 320. The van der Waals surface area contributed by atoms with Gasteiger partial charge in [-0.1, -0.05) is 0 Å². The van der Waals surface area contributed by atoms with Crippen molar-refractivity contribution in [2.75, 3.05) is 5.88 Å². The minimum Gasteiger partial charge on any atom is -0.291 e. The third-order valence-corrected chi connectivity index (χ3v) is 1.53. The first kappa shape index (κ1) is 10.0. The van der Waals surface area contributed by atoms with Crippen molar-refractivity contribution in [3.8, 4) is 0 Å². The SMILES string of the molecule is O=C(CCl)c1cc(C(F)(F)F)[nH]n1. The van der Waals surface area contributed by atoms with Gasteiger partial charge in [-0.2, -0.15) is 18.3 Å².